The molecule has 7 heteroatoms. The summed E-state index contributed by atoms with van der Waals surface area (Å²) in [4.78, 5) is 38.2. The van der Waals surface area contributed by atoms with E-state index < -0.39 is 6.04 Å². The van der Waals surface area contributed by atoms with Crippen LogP contribution in [0.25, 0.3) is 0 Å². The molecule has 1 aliphatic rings. The number of nitrogens with one attached hydrogen (secondary N) is 2. The van der Waals surface area contributed by atoms with Crippen LogP contribution in [-0.2, 0) is 9.59 Å². The number of carbonyl (C=O) groups is 3. The molecule has 1 fully saturated rings. The highest BCUT2D eigenvalue weighted by Gasteiger charge is 2.24. The molecule has 0 unspecified atom stereocenters. The SMILES string of the molecule is Cc1cccc(C(=O)N[C@H](C)C(=O)Nc2ccc(N3CCCC3=O)c(Cl)c2)c1. The second kappa shape index (κ2) is 8.44. The number of carbonyl (C=O) groups excluding carboxylic acids is 3. The molecule has 1 atom stereocenters. The zero-order valence-electron chi connectivity index (χ0n) is 15.8. The van der Waals surface area contributed by atoms with Crippen LogP contribution in [0.4, 0.5) is 11.4 Å². The number of anilines is 2. The van der Waals surface area contributed by atoms with E-state index in [2.05, 4.69) is 10.6 Å². The van der Waals surface area contributed by atoms with Crippen molar-refractivity contribution in [2.75, 3.05) is 16.8 Å². The maximum absolute atomic E-state index is 12.4. The highest BCUT2D eigenvalue weighted by Crippen LogP contribution is 2.31. The summed E-state index contributed by atoms with van der Waals surface area (Å²) in [5.41, 5.74) is 2.61. The fourth-order valence-corrected chi connectivity index (χ4v) is 3.37. The molecular formula is C21H22ClN3O3. The van der Waals surface area contributed by atoms with E-state index in [0.717, 1.165) is 12.0 Å². The predicted octanol–water partition coefficient (Wildman–Crippen LogP) is 3.53. The van der Waals surface area contributed by atoms with Gasteiger partial charge in [-0.15, -0.1) is 0 Å². The molecule has 2 N–H and O–H groups in total. The first-order chi connectivity index (χ1) is 13.3. The van der Waals surface area contributed by atoms with Gasteiger partial charge in [0.2, 0.25) is 11.8 Å². The van der Waals surface area contributed by atoms with Gasteiger partial charge >= 0.3 is 0 Å². The molecule has 0 bridgehead atoms. The zero-order chi connectivity index (χ0) is 20.3. The van der Waals surface area contributed by atoms with Crippen molar-refractivity contribution in [3.63, 3.8) is 0 Å². The van der Waals surface area contributed by atoms with Crippen LogP contribution in [0.2, 0.25) is 5.02 Å². The molecule has 28 heavy (non-hydrogen) atoms. The molecule has 146 valence electrons. The fourth-order valence-electron chi connectivity index (χ4n) is 3.09. The summed E-state index contributed by atoms with van der Waals surface area (Å²) in [5.74, 6) is -0.625. The number of aryl methyl sites for hydroxylation is 1. The molecule has 2 aromatic rings. The Labute approximate surface area is 168 Å². The van der Waals surface area contributed by atoms with Crippen molar-refractivity contribution >= 4 is 40.7 Å². The van der Waals surface area contributed by atoms with E-state index in [1.54, 1.807) is 48.2 Å². The van der Waals surface area contributed by atoms with Gasteiger partial charge in [-0.1, -0.05) is 29.3 Å². The molecule has 1 heterocycles. The van der Waals surface area contributed by atoms with Crippen LogP contribution in [0.5, 0.6) is 0 Å². The lowest BCUT2D eigenvalue weighted by Gasteiger charge is -2.19. The number of hydrogen-bond donors (Lipinski definition) is 2. The van der Waals surface area contributed by atoms with Gasteiger partial charge in [-0.3, -0.25) is 14.4 Å². The van der Waals surface area contributed by atoms with E-state index >= 15 is 0 Å². The van der Waals surface area contributed by atoms with Crippen LogP contribution < -0.4 is 15.5 Å². The van der Waals surface area contributed by atoms with Crippen molar-refractivity contribution in [3.8, 4) is 0 Å². The van der Waals surface area contributed by atoms with Gasteiger partial charge in [-0.05, 0) is 50.6 Å². The van der Waals surface area contributed by atoms with Crippen LogP contribution in [0.3, 0.4) is 0 Å². The van der Waals surface area contributed by atoms with Gasteiger partial charge in [0.15, 0.2) is 0 Å². The highest BCUT2D eigenvalue weighted by atomic mass is 35.5. The van der Waals surface area contributed by atoms with Crippen LogP contribution in [0.15, 0.2) is 42.5 Å². The smallest absolute Gasteiger partial charge is 0.251 e. The van der Waals surface area contributed by atoms with E-state index in [1.165, 1.54) is 0 Å². The summed E-state index contributed by atoms with van der Waals surface area (Å²) < 4.78 is 0. The van der Waals surface area contributed by atoms with Crippen molar-refractivity contribution in [3.05, 3.63) is 58.6 Å². The average molecular weight is 400 g/mol. The first-order valence-electron chi connectivity index (χ1n) is 9.13. The fraction of sp³-hybridized carbons (Fsp3) is 0.286. The molecule has 0 radical (unpaired) electrons. The predicted molar refractivity (Wildman–Crippen MR) is 110 cm³/mol. The number of amides is 3. The third-order valence-corrected chi connectivity index (χ3v) is 4.90. The van der Waals surface area contributed by atoms with E-state index in [1.807, 2.05) is 13.0 Å². The molecule has 3 amide bonds. The van der Waals surface area contributed by atoms with Crippen molar-refractivity contribution in [1.29, 1.82) is 0 Å². The van der Waals surface area contributed by atoms with Crippen molar-refractivity contribution < 1.29 is 14.4 Å². The first kappa shape index (κ1) is 19.9. The minimum absolute atomic E-state index is 0.0474. The molecule has 0 aliphatic carbocycles. The molecule has 6 nitrogen and oxygen atoms in total. The van der Waals surface area contributed by atoms with Crippen LogP contribution in [-0.4, -0.2) is 30.3 Å². The number of nitrogens with zero attached hydrogens (tertiary/aromatic N) is 1. The Bertz CT molecular complexity index is 929. The van der Waals surface area contributed by atoms with Gasteiger partial charge < -0.3 is 15.5 Å². The second-order valence-corrected chi connectivity index (χ2v) is 7.28. The van der Waals surface area contributed by atoms with Gasteiger partial charge in [0.1, 0.15) is 6.04 Å². The lowest BCUT2D eigenvalue weighted by Crippen LogP contribution is -2.41. The van der Waals surface area contributed by atoms with Crippen molar-refractivity contribution in [2.24, 2.45) is 0 Å². The highest BCUT2D eigenvalue weighted by molar-refractivity contribution is 6.34. The molecule has 2 aromatic carbocycles. The Hall–Kier alpha value is -2.86. The number of rotatable bonds is 5. The van der Waals surface area contributed by atoms with Gasteiger partial charge in [-0.2, -0.15) is 0 Å². The zero-order valence-corrected chi connectivity index (χ0v) is 16.5. The maximum atomic E-state index is 12.4. The Kier molecular flexibility index (Phi) is 5.99. The van der Waals surface area contributed by atoms with Crippen LogP contribution >= 0.6 is 11.6 Å². The van der Waals surface area contributed by atoms with Crippen LogP contribution in [0, 0.1) is 6.92 Å². The lowest BCUT2D eigenvalue weighted by molar-refractivity contribution is -0.118. The molecule has 0 saturated carbocycles. The Morgan fingerprint density at radius 3 is 2.61 bits per heavy atom. The number of benzene rings is 2. The second-order valence-electron chi connectivity index (χ2n) is 6.87. The Morgan fingerprint density at radius 2 is 1.96 bits per heavy atom. The molecule has 0 spiro atoms. The van der Waals surface area contributed by atoms with Crippen LogP contribution in [0.1, 0.15) is 35.7 Å². The van der Waals surface area contributed by atoms with E-state index in [-0.39, 0.29) is 17.7 Å². The summed E-state index contributed by atoms with van der Waals surface area (Å²) >= 11 is 6.30. The van der Waals surface area contributed by atoms with E-state index in [9.17, 15) is 14.4 Å². The minimum Gasteiger partial charge on any atom is -0.341 e. The third kappa shape index (κ3) is 4.51. The largest absolute Gasteiger partial charge is 0.341 e. The van der Waals surface area contributed by atoms with E-state index in [0.29, 0.717) is 34.9 Å². The number of halogens is 1. The van der Waals surface area contributed by atoms with Gasteiger partial charge in [0.05, 0.1) is 10.7 Å². The Morgan fingerprint density at radius 1 is 1.18 bits per heavy atom. The van der Waals surface area contributed by atoms with Crippen molar-refractivity contribution in [2.45, 2.75) is 32.7 Å². The molecule has 0 aromatic heterocycles. The molecule has 1 saturated heterocycles. The first-order valence-corrected chi connectivity index (χ1v) is 9.51. The topological polar surface area (TPSA) is 78.5 Å². The quantitative estimate of drug-likeness (QED) is 0.807. The Balaban J connectivity index is 1.63. The summed E-state index contributed by atoms with van der Waals surface area (Å²) in [5, 5.41) is 5.81. The normalized spacial score (nSPS) is 14.7. The summed E-state index contributed by atoms with van der Waals surface area (Å²) in [6, 6.07) is 11.4. The van der Waals surface area contributed by atoms with Gasteiger partial charge in [0.25, 0.3) is 5.91 Å². The third-order valence-electron chi connectivity index (χ3n) is 4.60. The summed E-state index contributed by atoms with van der Waals surface area (Å²) in [6.45, 7) is 4.16. The number of hydrogen-bond acceptors (Lipinski definition) is 3. The van der Waals surface area contributed by atoms with Crippen molar-refractivity contribution in [1.82, 2.24) is 5.32 Å². The summed E-state index contributed by atoms with van der Waals surface area (Å²) in [6.07, 6.45) is 1.33. The standard InChI is InChI=1S/C21H22ClN3O3/c1-13-5-3-6-15(11-13)21(28)23-14(2)20(27)24-16-8-9-18(17(22)12-16)25-10-4-7-19(25)26/h3,5-6,8-9,11-12,14H,4,7,10H2,1-2H3,(H,23,28)(H,24,27)/t14-/m1/s1. The summed E-state index contributed by atoms with van der Waals surface area (Å²) in [7, 11) is 0. The molecular weight excluding hydrogens is 378 g/mol. The van der Waals surface area contributed by atoms with Gasteiger partial charge in [-0.25, -0.2) is 0 Å². The molecule has 3 rings (SSSR count). The minimum atomic E-state index is -0.730. The lowest BCUT2D eigenvalue weighted by atomic mass is 10.1. The van der Waals surface area contributed by atoms with Gasteiger partial charge in [0, 0.05) is 24.2 Å². The van der Waals surface area contributed by atoms with E-state index in [4.69, 9.17) is 11.6 Å². The maximum Gasteiger partial charge on any atom is 0.251 e. The average Bonchev–Trinajstić information content (AvgIpc) is 3.07. The molecule has 1 aliphatic heterocycles. The monoisotopic (exact) mass is 399 g/mol.